The number of nitrogens with zero attached hydrogens (tertiary/aromatic N) is 2. The number of aryl methyl sites for hydroxylation is 2. The Bertz CT molecular complexity index is 448. The van der Waals surface area contributed by atoms with Gasteiger partial charge in [0.05, 0.1) is 12.3 Å². The fourth-order valence-corrected chi connectivity index (χ4v) is 2.87. The van der Waals surface area contributed by atoms with Gasteiger partial charge in [-0.2, -0.15) is 5.10 Å². The Labute approximate surface area is 114 Å². The van der Waals surface area contributed by atoms with Crippen LogP contribution in [-0.4, -0.2) is 33.9 Å². The van der Waals surface area contributed by atoms with Gasteiger partial charge in [0.15, 0.2) is 0 Å². The van der Waals surface area contributed by atoms with Gasteiger partial charge < -0.3 is 10.4 Å². The van der Waals surface area contributed by atoms with Gasteiger partial charge in [-0.25, -0.2) is 0 Å². The number of carbonyl (C=O) groups excluding carboxylic acids is 1. The third kappa shape index (κ3) is 3.15. The van der Waals surface area contributed by atoms with Crippen LogP contribution in [-0.2, 0) is 7.05 Å². The molecule has 1 fully saturated rings. The number of aliphatic hydroxyl groups excluding tert-OH is 1. The van der Waals surface area contributed by atoms with Gasteiger partial charge in [-0.05, 0) is 25.8 Å². The zero-order valence-corrected chi connectivity index (χ0v) is 11.8. The molecule has 0 saturated heterocycles. The van der Waals surface area contributed by atoms with Crippen molar-refractivity contribution in [3.8, 4) is 0 Å². The Morgan fingerprint density at radius 2 is 2.16 bits per heavy atom. The van der Waals surface area contributed by atoms with E-state index in [0.29, 0.717) is 12.2 Å². The third-order valence-corrected chi connectivity index (χ3v) is 4.11. The molecule has 0 aliphatic heterocycles. The van der Waals surface area contributed by atoms with Crippen molar-refractivity contribution in [3.63, 3.8) is 0 Å². The second-order valence-electron chi connectivity index (χ2n) is 5.70. The first-order valence-electron chi connectivity index (χ1n) is 6.96. The Hall–Kier alpha value is -1.36. The molecule has 0 spiro atoms. The molecule has 1 aromatic heterocycles. The molecule has 2 N–H and O–H groups in total. The van der Waals surface area contributed by atoms with Gasteiger partial charge in [0.25, 0.3) is 5.91 Å². The highest BCUT2D eigenvalue weighted by molar-refractivity contribution is 5.92. The minimum atomic E-state index is -0.123. The number of hydrogen-bond donors (Lipinski definition) is 2. The fourth-order valence-electron chi connectivity index (χ4n) is 2.87. The molecule has 1 aliphatic carbocycles. The minimum absolute atomic E-state index is 0.110. The summed E-state index contributed by atoms with van der Waals surface area (Å²) in [6.07, 6.45) is 5.50. The van der Waals surface area contributed by atoms with E-state index < -0.39 is 0 Å². The van der Waals surface area contributed by atoms with Crippen LogP contribution in [0.1, 0.15) is 48.3 Å². The van der Waals surface area contributed by atoms with Crippen molar-refractivity contribution in [2.24, 2.45) is 12.5 Å². The monoisotopic (exact) mass is 265 g/mol. The molecule has 1 saturated carbocycles. The lowest BCUT2D eigenvalue weighted by Crippen LogP contribution is -2.41. The number of aromatic nitrogens is 2. The van der Waals surface area contributed by atoms with Crippen molar-refractivity contribution < 1.29 is 9.90 Å². The fraction of sp³-hybridized carbons (Fsp3) is 0.714. The first-order valence-corrected chi connectivity index (χ1v) is 6.96. The van der Waals surface area contributed by atoms with Crippen LogP contribution in [0.4, 0.5) is 0 Å². The smallest absolute Gasteiger partial charge is 0.269 e. The van der Waals surface area contributed by atoms with Crippen LogP contribution in [0.15, 0.2) is 6.07 Å². The van der Waals surface area contributed by atoms with Crippen LogP contribution >= 0.6 is 0 Å². The molecule has 106 valence electrons. The summed E-state index contributed by atoms with van der Waals surface area (Å²) in [6, 6.07) is 1.78. The van der Waals surface area contributed by atoms with Crippen LogP contribution in [0.2, 0.25) is 0 Å². The molecule has 0 unspecified atom stereocenters. The van der Waals surface area contributed by atoms with E-state index in [4.69, 9.17) is 0 Å². The lowest BCUT2D eigenvalue weighted by atomic mass is 9.74. The van der Waals surface area contributed by atoms with Crippen LogP contribution in [0.25, 0.3) is 0 Å². The maximum Gasteiger partial charge on any atom is 0.269 e. The Balaban J connectivity index is 1.97. The number of hydrogen-bond acceptors (Lipinski definition) is 3. The Morgan fingerprint density at radius 1 is 1.47 bits per heavy atom. The Kier molecular flexibility index (Phi) is 4.24. The average Bonchev–Trinajstić information content (AvgIpc) is 2.76. The standard InChI is InChI=1S/C14H23N3O2/c1-11-8-12(17(2)16-11)13(19)15-9-14(10-18)6-4-3-5-7-14/h8,18H,3-7,9-10H2,1-2H3,(H,15,19). The van der Waals surface area contributed by atoms with E-state index in [1.807, 2.05) is 6.92 Å². The molecular formula is C14H23N3O2. The summed E-state index contributed by atoms with van der Waals surface area (Å²) in [5.41, 5.74) is 1.28. The Morgan fingerprint density at radius 3 is 2.68 bits per heavy atom. The van der Waals surface area contributed by atoms with Gasteiger partial charge in [-0.15, -0.1) is 0 Å². The molecule has 2 rings (SSSR count). The number of rotatable bonds is 4. The predicted molar refractivity (Wildman–Crippen MR) is 72.9 cm³/mol. The lowest BCUT2D eigenvalue weighted by molar-refractivity contribution is 0.0713. The van der Waals surface area contributed by atoms with Gasteiger partial charge in [0.2, 0.25) is 0 Å². The van der Waals surface area contributed by atoms with Crippen LogP contribution in [0, 0.1) is 12.3 Å². The second-order valence-corrected chi connectivity index (χ2v) is 5.70. The molecule has 1 heterocycles. The number of nitrogens with one attached hydrogen (secondary N) is 1. The highest BCUT2D eigenvalue weighted by Crippen LogP contribution is 2.35. The van der Waals surface area contributed by atoms with E-state index in [0.717, 1.165) is 31.4 Å². The van der Waals surface area contributed by atoms with E-state index in [-0.39, 0.29) is 17.9 Å². The molecule has 0 atom stereocenters. The molecule has 19 heavy (non-hydrogen) atoms. The molecule has 0 radical (unpaired) electrons. The van der Waals surface area contributed by atoms with E-state index in [1.165, 1.54) is 6.42 Å². The van der Waals surface area contributed by atoms with E-state index >= 15 is 0 Å². The summed E-state index contributed by atoms with van der Waals surface area (Å²) in [7, 11) is 1.77. The van der Waals surface area contributed by atoms with Crippen molar-refractivity contribution in [2.45, 2.75) is 39.0 Å². The SMILES string of the molecule is Cc1cc(C(=O)NCC2(CO)CCCCC2)n(C)n1. The van der Waals surface area contributed by atoms with E-state index in [2.05, 4.69) is 10.4 Å². The summed E-state index contributed by atoms with van der Waals surface area (Å²) in [6.45, 7) is 2.57. The zero-order chi connectivity index (χ0) is 13.9. The topological polar surface area (TPSA) is 67.2 Å². The van der Waals surface area contributed by atoms with Crippen LogP contribution < -0.4 is 5.32 Å². The van der Waals surface area contributed by atoms with E-state index in [9.17, 15) is 9.90 Å². The van der Waals surface area contributed by atoms with Gasteiger partial charge in [-0.3, -0.25) is 9.48 Å². The average molecular weight is 265 g/mol. The predicted octanol–water partition coefficient (Wildman–Crippen LogP) is 1.40. The summed E-state index contributed by atoms with van der Waals surface area (Å²) < 4.78 is 1.59. The van der Waals surface area contributed by atoms with Gasteiger partial charge in [0, 0.05) is 19.0 Å². The lowest BCUT2D eigenvalue weighted by Gasteiger charge is -2.35. The van der Waals surface area contributed by atoms with Gasteiger partial charge in [0.1, 0.15) is 5.69 Å². The normalized spacial score (nSPS) is 18.3. The first-order chi connectivity index (χ1) is 9.06. The van der Waals surface area contributed by atoms with E-state index in [1.54, 1.807) is 17.8 Å². The van der Waals surface area contributed by atoms with Crippen molar-refractivity contribution in [3.05, 3.63) is 17.5 Å². The summed E-state index contributed by atoms with van der Waals surface area (Å²) in [5.74, 6) is -0.110. The largest absolute Gasteiger partial charge is 0.396 e. The zero-order valence-electron chi connectivity index (χ0n) is 11.8. The summed E-state index contributed by atoms with van der Waals surface area (Å²) in [4.78, 5) is 12.1. The second kappa shape index (κ2) is 5.74. The molecule has 0 aromatic carbocycles. The van der Waals surface area contributed by atoms with Crippen molar-refractivity contribution in [2.75, 3.05) is 13.2 Å². The number of amides is 1. The summed E-state index contributed by atoms with van der Waals surface area (Å²) in [5, 5.41) is 16.7. The molecule has 1 amide bonds. The molecular weight excluding hydrogens is 242 g/mol. The first kappa shape index (κ1) is 14.1. The van der Waals surface area contributed by atoms with Crippen molar-refractivity contribution >= 4 is 5.91 Å². The highest BCUT2D eigenvalue weighted by Gasteiger charge is 2.32. The third-order valence-electron chi connectivity index (χ3n) is 4.11. The molecule has 1 aromatic rings. The van der Waals surface area contributed by atoms with Gasteiger partial charge >= 0.3 is 0 Å². The molecule has 5 nitrogen and oxygen atoms in total. The van der Waals surface area contributed by atoms with Crippen LogP contribution in [0.5, 0.6) is 0 Å². The maximum atomic E-state index is 12.1. The summed E-state index contributed by atoms with van der Waals surface area (Å²) >= 11 is 0. The molecule has 1 aliphatic rings. The maximum absolute atomic E-state index is 12.1. The van der Waals surface area contributed by atoms with Gasteiger partial charge in [-0.1, -0.05) is 19.3 Å². The molecule has 0 bridgehead atoms. The van der Waals surface area contributed by atoms with Crippen molar-refractivity contribution in [1.29, 1.82) is 0 Å². The minimum Gasteiger partial charge on any atom is -0.396 e. The molecule has 5 heteroatoms. The van der Waals surface area contributed by atoms with Crippen molar-refractivity contribution in [1.82, 2.24) is 15.1 Å². The van der Waals surface area contributed by atoms with Crippen LogP contribution in [0.3, 0.4) is 0 Å². The number of aliphatic hydroxyl groups is 1. The number of carbonyl (C=O) groups is 1. The quantitative estimate of drug-likeness (QED) is 0.864. The highest BCUT2D eigenvalue weighted by atomic mass is 16.3.